The molecule has 2 amide bonds. The van der Waals surface area contributed by atoms with E-state index >= 15 is 0 Å². The molecule has 0 radical (unpaired) electrons. The summed E-state index contributed by atoms with van der Waals surface area (Å²) in [6.07, 6.45) is 7.11. The number of hydrogen-bond donors (Lipinski definition) is 4. The van der Waals surface area contributed by atoms with Crippen LogP contribution in [-0.2, 0) is 19.8 Å². The Balaban J connectivity index is 0.648. The number of rotatable bonds is 17. The van der Waals surface area contributed by atoms with Crippen LogP contribution in [0.5, 0.6) is 0 Å². The number of piperidine rings is 1. The third kappa shape index (κ3) is 11.7. The van der Waals surface area contributed by atoms with E-state index in [4.69, 9.17) is 14.5 Å². The number of piperazine rings is 1. The van der Waals surface area contributed by atoms with E-state index in [-0.39, 0.29) is 73.3 Å². The number of likely N-dealkylation sites (tertiary alicyclic amines) is 1. The lowest BCUT2D eigenvalue weighted by Crippen LogP contribution is -2.49. The zero-order valence-corrected chi connectivity index (χ0v) is 46.8. The molecule has 11 rings (SSSR count). The molecule has 0 bridgehead atoms. The van der Waals surface area contributed by atoms with Gasteiger partial charge in [0.2, 0.25) is 17.8 Å². The Morgan fingerprint density at radius 2 is 1.61 bits per heavy atom. The van der Waals surface area contributed by atoms with Crippen molar-refractivity contribution < 1.29 is 36.8 Å². The van der Waals surface area contributed by atoms with E-state index in [1.54, 1.807) is 54.3 Å². The number of aromatic nitrogens is 6. The Hall–Kier alpha value is -7.18. The van der Waals surface area contributed by atoms with Crippen LogP contribution in [0, 0.1) is 18.8 Å². The summed E-state index contributed by atoms with van der Waals surface area (Å²) in [4.78, 5) is 73.1. The Morgan fingerprint density at radius 1 is 0.863 bits per heavy atom. The fraction of sp³-hybridized carbons (Fsp3) is 0.439. The van der Waals surface area contributed by atoms with Crippen LogP contribution >= 0.6 is 11.3 Å². The summed E-state index contributed by atoms with van der Waals surface area (Å²) in [6, 6.07) is 16.9. The Kier molecular flexibility index (Phi) is 15.8. The summed E-state index contributed by atoms with van der Waals surface area (Å²) < 4.78 is 49.0. The van der Waals surface area contributed by atoms with Crippen LogP contribution in [0.3, 0.4) is 0 Å². The summed E-state index contributed by atoms with van der Waals surface area (Å²) >= 11 is 1.59. The van der Waals surface area contributed by atoms with Gasteiger partial charge in [-0.1, -0.05) is 55.4 Å². The molecule has 4 saturated heterocycles. The highest BCUT2D eigenvalue weighted by Gasteiger charge is 2.44. The third-order valence-electron chi connectivity index (χ3n) is 16.1. The Morgan fingerprint density at radius 3 is 2.31 bits per heavy atom. The quantitative estimate of drug-likeness (QED) is 0.0673. The number of aromatic amines is 1. The number of benzene rings is 2. The summed E-state index contributed by atoms with van der Waals surface area (Å²) in [6.45, 7) is 13.6. The van der Waals surface area contributed by atoms with Crippen molar-refractivity contribution in [3.05, 3.63) is 119 Å². The number of anilines is 3. The van der Waals surface area contributed by atoms with Crippen molar-refractivity contribution in [1.82, 2.24) is 49.5 Å². The van der Waals surface area contributed by atoms with Gasteiger partial charge in [-0.25, -0.2) is 24.3 Å². The van der Waals surface area contributed by atoms with Gasteiger partial charge in [0, 0.05) is 130 Å². The zero-order valence-electron chi connectivity index (χ0n) is 45.2. The summed E-state index contributed by atoms with van der Waals surface area (Å²) in [7, 11) is -3.98. The Bertz CT molecular complexity index is 3470. The average Bonchev–Trinajstić information content (AvgIpc) is 4.35. The number of pyridine rings is 1. The molecule has 5 aromatic heterocycles. The predicted molar refractivity (Wildman–Crippen MR) is 303 cm³/mol. The molecule has 7 aromatic rings. The van der Waals surface area contributed by atoms with Gasteiger partial charge in [0.1, 0.15) is 23.8 Å². The molecule has 80 heavy (non-hydrogen) atoms. The molecule has 9 heterocycles. The summed E-state index contributed by atoms with van der Waals surface area (Å²) in [5.41, 5.74) is 7.65. The topological polar surface area (TPSA) is 239 Å². The first-order valence-electron chi connectivity index (χ1n) is 27.4. The van der Waals surface area contributed by atoms with Crippen molar-refractivity contribution in [3.63, 3.8) is 0 Å². The largest absolute Gasteiger partial charge is 0.391 e. The number of aliphatic hydroxyl groups excluding tert-OH is 1. The minimum Gasteiger partial charge on any atom is -0.391 e. The maximum absolute atomic E-state index is 14.4. The van der Waals surface area contributed by atoms with Crippen LogP contribution in [0.25, 0.3) is 32.6 Å². The molecule has 4 aliphatic rings. The highest BCUT2D eigenvalue weighted by molar-refractivity contribution is 7.90. The number of carbonyl (C=O) groups excluding carboxylic acids is 3. The van der Waals surface area contributed by atoms with E-state index in [2.05, 4.69) is 44.8 Å². The molecule has 0 spiro atoms. The normalized spacial score (nSPS) is 20.4. The number of amides is 2. The number of β-amino-alcohol motifs (C(OH)–C–C–N with tert-alkyl or cyclic N) is 1. The molecule has 20 nitrogen and oxygen atoms in total. The first-order chi connectivity index (χ1) is 38.5. The number of fused-ring (bicyclic) bond motifs is 1. The molecule has 0 saturated carbocycles. The van der Waals surface area contributed by atoms with E-state index in [0.29, 0.717) is 40.0 Å². The van der Waals surface area contributed by atoms with E-state index in [1.165, 1.54) is 11.0 Å². The fourth-order valence-corrected chi connectivity index (χ4v) is 13.6. The van der Waals surface area contributed by atoms with Gasteiger partial charge in [-0.2, -0.15) is 12.7 Å². The second-order valence-electron chi connectivity index (χ2n) is 21.9. The van der Waals surface area contributed by atoms with Gasteiger partial charge in [-0.15, -0.1) is 11.3 Å². The van der Waals surface area contributed by atoms with Gasteiger partial charge < -0.3 is 34.6 Å². The van der Waals surface area contributed by atoms with Gasteiger partial charge >= 0.3 is 10.2 Å². The first kappa shape index (κ1) is 54.8. The smallest absolute Gasteiger partial charge is 0.301 e. The SMILES string of the molecule is Cc1ncsc1-c1ccc([C@H](C)NC(=O)[C@@H]2C[C@@H](O)CN2C(=O)[C@@H](c2cc(N3CCN(CC4CCN(c5ncc(-c6cnc7[nH]cc(C(=O)c8cccc(NS(=O)(=O)N9CC[C@@H](F)C9)c8)c7c6)cn5)CC4)CC3)no2)C(C)C)cc1. The Labute approximate surface area is 468 Å². The maximum atomic E-state index is 14.4. The number of aryl methyl sites for hydroxylation is 1. The minimum absolute atomic E-state index is 0.0595. The van der Waals surface area contributed by atoms with E-state index in [9.17, 15) is 32.3 Å². The van der Waals surface area contributed by atoms with Gasteiger partial charge in [-0.3, -0.25) is 24.0 Å². The molecular weight excluding hydrogens is 1060 g/mol. The van der Waals surface area contributed by atoms with Crippen LogP contribution in [0.4, 0.5) is 21.8 Å². The standard InChI is InChI=1S/C57H66FN13O7S2/c1-34(2)51(56(75)71-32-45(72)24-48(71)55(74)64-35(3)38-8-10-39(11-9-38)53-36(4)63-33-79-53)49-25-50(65-78-49)68-20-18-67(19-21-68)30-37-12-15-69(16-13-37)57-61-27-42(28-62-57)41-23-46-47(29-60-54(46)59-26-41)52(73)40-6-5-7-44(22-40)66-80(76,77)70-17-14-43(58)31-70/h5-11,22-23,25-29,33-35,37,43,45,48,51,66,72H,12-21,24,30-32H2,1-4H3,(H,59,60)(H,64,74)/t35-,43+,45+,48-,51+/m0/s1. The number of carbonyl (C=O) groups is 3. The van der Waals surface area contributed by atoms with Crippen molar-refractivity contribution in [2.45, 2.75) is 83.7 Å². The number of nitrogens with one attached hydrogen (secondary N) is 3. The van der Waals surface area contributed by atoms with Crippen LogP contribution in [0.1, 0.15) is 91.4 Å². The van der Waals surface area contributed by atoms with Crippen LogP contribution in [0.15, 0.2) is 95.5 Å². The summed E-state index contributed by atoms with van der Waals surface area (Å²) in [5.74, 6) is 0.551. The molecule has 5 atom stereocenters. The number of nitrogens with zero attached hydrogens (tertiary/aromatic N) is 10. The second kappa shape index (κ2) is 23.1. The number of alkyl halides is 1. The lowest BCUT2D eigenvalue weighted by atomic mass is 9.91. The lowest BCUT2D eigenvalue weighted by Gasteiger charge is -2.38. The molecule has 23 heteroatoms. The van der Waals surface area contributed by atoms with E-state index < -0.39 is 34.4 Å². The molecule has 0 unspecified atom stereocenters. The van der Waals surface area contributed by atoms with Crippen LogP contribution in [-0.4, -0.2) is 159 Å². The van der Waals surface area contributed by atoms with E-state index in [0.717, 1.165) is 95.8 Å². The van der Waals surface area contributed by atoms with Crippen LogP contribution < -0.4 is 19.8 Å². The fourth-order valence-electron chi connectivity index (χ4n) is 11.5. The highest BCUT2D eigenvalue weighted by Crippen LogP contribution is 2.35. The second-order valence-corrected chi connectivity index (χ2v) is 24.4. The number of H-pyrrole nitrogens is 1. The lowest BCUT2D eigenvalue weighted by molar-refractivity contribution is -0.141. The first-order valence-corrected chi connectivity index (χ1v) is 29.7. The molecule has 0 aliphatic carbocycles. The van der Waals surface area contributed by atoms with Crippen molar-refractivity contribution in [3.8, 4) is 21.6 Å². The molecule has 2 aromatic carbocycles. The monoisotopic (exact) mass is 1130 g/mol. The molecule has 4 fully saturated rings. The number of hydrogen-bond acceptors (Lipinski definition) is 16. The van der Waals surface area contributed by atoms with Gasteiger partial charge in [0.15, 0.2) is 17.4 Å². The van der Waals surface area contributed by atoms with Crippen molar-refractivity contribution in [2.75, 3.05) is 80.0 Å². The van der Waals surface area contributed by atoms with Gasteiger partial charge in [0.25, 0.3) is 0 Å². The minimum atomic E-state index is -3.98. The van der Waals surface area contributed by atoms with Gasteiger partial charge in [0.05, 0.1) is 33.9 Å². The highest BCUT2D eigenvalue weighted by atomic mass is 32.2. The zero-order chi connectivity index (χ0) is 55.8. The molecule has 4 N–H and O–H groups in total. The predicted octanol–water partition coefficient (Wildman–Crippen LogP) is 6.99. The molecule has 420 valence electrons. The third-order valence-corrected chi connectivity index (χ3v) is 18.5. The van der Waals surface area contributed by atoms with Crippen LogP contribution in [0.2, 0.25) is 0 Å². The van der Waals surface area contributed by atoms with Crippen molar-refractivity contribution >= 4 is 67.6 Å². The average molecular weight is 1130 g/mol. The van der Waals surface area contributed by atoms with Gasteiger partial charge in [-0.05, 0) is 74.3 Å². The van der Waals surface area contributed by atoms with E-state index in [1.807, 2.05) is 69.6 Å². The number of halogens is 1. The number of thiazole rings is 1. The van der Waals surface area contributed by atoms with Crippen molar-refractivity contribution in [2.24, 2.45) is 11.8 Å². The van der Waals surface area contributed by atoms with Crippen molar-refractivity contribution in [1.29, 1.82) is 0 Å². The molecular formula is C57H66FN13O7S2. The molecule has 4 aliphatic heterocycles. The maximum Gasteiger partial charge on any atom is 0.301 e. The summed E-state index contributed by atoms with van der Waals surface area (Å²) in [5, 5.41) is 18.9. The number of ketones is 1. The number of aliphatic hydroxyl groups is 1.